The van der Waals surface area contributed by atoms with Crippen LogP contribution in [-0.4, -0.2) is 30.1 Å². The van der Waals surface area contributed by atoms with Crippen molar-refractivity contribution in [1.82, 2.24) is 15.2 Å². The molecule has 1 aromatic heterocycles. The molecule has 2 heterocycles. The van der Waals surface area contributed by atoms with Crippen molar-refractivity contribution in [3.8, 4) is 0 Å². The van der Waals surface area contributed by atoms with E-state index in [4.69, 9.17) is 11.6 Å². The van der Waals surface area contributed by atoms with Crippen molar-refractivity contribution in [3.05, 3.63) is 23.0 Å². The van der Waals surface area contributed by atoms with E-state index in [1.54, 1.807) is 6.07 Å². The van der Waals surface area contributed by atoms with Gasteiger partial charge in [0, 0.05) is 18.8 Å². The van der Waals surface area contributed by atoms with Crippen LogP contribution in [0.25, 0.3) is 0 Å². The molecule has 0 radical (unpaired) electrons. The van der Waals surface area contributed by atoms with Crippen molar-refractivity contribution in [2.75, 3.05) is 19.6 Å². The van der Waals surface area contributed by atoms with E-state index in [2.05, 4.69) is 10.6 Å². The van der Waals surface area contributed by atoms with Gasteiger partial charge < -0.3 is 15.2 Å². The normalized spacial score (nSPS) is 19.7. The first-order chi connectivity index (χ1) is 9.08. The van der Waals surface area contributed by atoms with Gasteiger partial charge in [0.2, 0.25) is 0 Å². The number of carbonyl (C=O) groups is 1. The molecule has 0 saturated carbocycles. The molecule has 19 heavy (non-hydrogen) atoms. The summed E-state index contributed by atoms with van der Waals surface area (Å²) < 4.78 is 1.91. The van der Waals surface area contributed by atoms with E-state index >= 15 is 0 Å². The molecule has 0 spiro atoms. The van der Waals surface area contributed by atoms with Crippen LogP contribution < -0.4 is 10.6 Å². The standard InChI is InChI=1S/C14H22ClN3O/c1-10(2)18-9-12(15)6-13(18)14(19)17-8-11-4-3-5-16-7-11/h6,9-11,16H,3-5,7-8H2,1-2H3,(H,17,19). The monoisotopic (exact) mass is 283 g/mol. The zero-order chi connectivity index (χ0) is 13.8. The lowest BCUT2D eigenvalue weighted by Crippen LogP contribution is -2.38. The first kappa shape index (κ1) is 14.4. The topological polar surface area (TPSA) is 46.1 Å². The average Bonchev–Trinajstić information content (AvgIpc) is 2.79. The Balaban J connectivity index is 1.95. The minimum atomic E-state index is -0.0360. The molecule has 2 N–H and O–H groups in total. The van der Waals surface area contributed by atoms with Crippen LogP contribution in [0.2, 0.25) is 5.02 Å². The van der Waals surface area contributed by atoms with E-state index in [-0.39, 0.29) is 11.9 Å². The van der Waals surface area contributed by atoms with Crippen LogP contribution >= 0.6 is 11.6 Å². The third-order valence-corrected chi connectivity index (χ3v) is 3.76. The minimum absolute atomic E-state index is 0.0360. The maximum Gasteiger partial charge on any atom is 0.267 e. The van der Waals surface area contributed by atoms with Gasteiger partial charge in [-0.15, -0.1) is 0 Å². The van der Waals surface area contributed by atoms with Crippen LogP contribution in [0, 0.1) is 5.92 Å². The molecule has 0 aromatic carbocycles. The Kier molecular flexibility index (Phi) is 4.88. The Labute approximate surface area is 119 Å². The molecule has 5 heteroatoms. The molecule has 1 amide bonds. The second-order valence-electron chi connectivity index (χ2n) is 5.47. The molecule has 1 unspecified atom stereocenters. The van der Waals surface area contributed by atoms with E-state index in [1.807, 2.05) is 24.6 Å². The number of hydrogen-bond donors (Lipinski definition) is 2. The van der Waals surface area contributed by atoms with Crippen molar-refractivity contribution in [2.24, 2.45) is 5.92 Å². The largest absolute Gasteiger partial charge is 0.350 e. The predicted molar refractivity (Wildman–Crippen MR) is 77.8 cm³/mol. The molecule has 1 aliphatic heterocycles. The highest BCUT2D eigenvalue weighted by molar-refractivity contribution is 6.31. The fourth-order valence-electron chi connectivity index (χ4n) is 2.48. The summed E-state index contributed by atoms with van der Waals surface area (Å²) in [5, 5.41) is 6.98. The van der Waals surface area contributed by atoms with Gasteiger partial charge in [0.25, 0.3) is 5.91 Å². The minimum Gasteiger partial charge on any atom is -0.350 e. The molecular formula is C14H22ClN3O. The van der Waals surface area contributed by atoms with E-state index in [1.165, 1.54) is 12.8 Å². The van der Waals surface area contributed by atoms with Gasteiger partial charge in [-0.2, -0.15) is 0 Å². The maximum atomic E-state index is 12.2. The Morgan fingerprint density at radius 2 is 2.42 bits per heavy atom. The highest BCUT2D eigenvalue weighted by Gasteiger charge is 2.18. The molecule has 1 atom stereocenters. The van der Waals surface area contributed by atoms with Crippen LogP contribution in [0.5, 0.6) is 0 Å². The molecule has 0 bridgehead atoms. The van der Waals surface area contributed by atoms with Gasteiger partial charge in [0.15, 0.2) is 0 Å². The number of carbonyl (C=O) groups excluding carboxylic acids is 1. The number of aromatic nitrogens is 1. The Hall–Kier alpha value is -1.00. The summed E-state index contributed by atoms with van der Waals surface area (Å²) in [6, 6.07) is 1.96. The SMILES string of the molecule is CC(C)n1cc(Cl)cc1C(=O)NCC1CCCNC1. The Morgan fingerprint density at radius 1 is 1.63 bits per heavy atom. The van der Waals surface area contributed by atoms with Crippen molar-refractivity contribution in [2.45, 2.75) is 32.7 Å². The van der Waals surface area contributed by atoms with Gasteiger partial charge >= 0.3 is 0 Å². The number of rotatable bonds is 4. The molecule has 106 valence electrons. The number of amides is 1. The summed E-state index contributed by atoms with van der Waals surface area (Å²) in [6.07, 6.45) is 4.18. The van der Waals surface area contributed by atoms with Crippen molar-refractivity contribution >= 4 is 17.5 Å². The second kappa shape index (κ2) is 6.44. The van der Waals surface area contributed by atoms with Gasteiger partial charge in [-0.1, -0.05) is 11.6 Å². The van der Waals surface area contributed by atoms with E-state index in [0.29, 0.717) is 16.6 Å². The van der Waals surface area contributed by atoms with E-state index in [0.717, 1.165) is 19.6 Å². The van der Waals surface area contributed by atoms with Gasteiger partial charge in [0.05, 0.1) is 5.02 Å². The number of nitrogens with one attached hydrogen (secondary N) is 2. The molecule has 2 rings (SSSR count). The average molecular weight is 284 g/mol. The zero-order valence-corrected chi connectivity index (χ0v) is 12.3. The fourth-order valence-corrected chi connectivity index (χ4v) is 2.69. The number of halogens is 1. The van der Waals surface area contributed by atoms with Crippen LogP contribution in [0.15, 0.2) is 12.3 Å². The smallest absolute Gasteiger partial charge is 0.267 e. The number of piperidine rings is 1. The summed E-state index contributed by atoms with van der Waals surface area (Å²) in [7, 11) is 0. The summed E-state index contributed by atoms with van der Waals surface area (Å²) in [6.45, 7) is 6.89. The molecule has 1 aromatic rings. The predicted octanol–water partition coefficient (Wildman–Crippen LogP) is 2.45. The van der Waals surface area contributed by atoms with Crippen LogP contribution in [-0.2, 0) is 0 Å². The summed E-state index contributed by atoms with van der Waals surface area (Å²) in [5.41, 5.74) is 0.642. The Morgan fingerprint density at radius 3 is 3.05 bits per heavy atom. The summed E-state index contributed by atoms with van der Waals surface area (Å²) >= 11 is 5.99. The highest BCUT2D eigenvalue weighted by Crippen LogP contribution is 2.19. The van der Waals surface area contributed by atoms with Gasteiger partial charge in [-0.25, -0.2) is 0 Å². The van der Waals surface area contributed by atoms with Crippen LogP contribution in [0.1, 0.15) is 43.2 Å². The molecular weight excluding hydrogens is 262 g/mol. The van der Waals surface area contributed by atoms with Crippen molar-refractivity contribution in [3.63, 3.8) is 0 Å². The van der Waals surface area contributed by atoms with Crippen molar-refractivity contribution in [1.29, 1.82) is 0 Å². The molecule has 4 nitrogen and oxygen atoms in total. The number of nitrogens with zero attached hydrogens (tertiary/aromatic N) is 1. The third-order valence-electron chi connectivity index (χ3n) is 3.55. The second-order valence-corrected chi connectivity index (χ2v) is 5.90. The van der Waals surface area contributed by atoms with Gasteiger partial charge in [-0.05, 0) is 51.8 Å². The fraction of sp³-hybridized carbons (Fsp3) is 0.643. The van der Waals surface area contributed by atoms with E-state index in [9.17, 15) is 4.79 Å². The van der Waals surface area contributed by atoms with Gasteiger partial charge in [0.1, 0.15) is 5.69 Å². The van der Waals surface area contributed by atoms with Gasteiger partial charge in [-0.3, -0.25) is 4.79 Å². The quantitative estimate of drug-likeness (QED) is 0.892. The lowest BCUT2D eigenvalue weighted by Gasteiger charge is -2.23. The highest BCUT2D eigenvalue weighted by atomic mass is 35.5. The van der Waals surface area contributed by atoms with E-state index < -0.39 is 0 Å². The first-order valence-corrected chi connectivity index (χ1v) is 7.32. The molecule has 1 saturated heterocycles. The lowest BCUT2D eigenvalue weighted by atomic mass is 10.00. The summed E-state index contributed by atoms with van der Waals surface area (Å²) in [5.74, 6) is 0.502. The first-order valence-electron chi connectivity index (χ1n) is 6.94. The molecule has 1 fully saturated rings. The maximum absolute atomic E-state index is 12.2. The summed E-state index contributed by atoms with van der Waals surface area (Å²) in [4.78, 5) is 12.2. The molecule has 1 aliphatic rings. The Bertz CT molecular complexity index is 436. The third kappa shape index (κ3) is 3.74. The molecule has 0 aliphatic carbocycles. The van der Waals surface area contributed by atoms with Crippen molar-refractivity contribution < 1.29 is 4.79 Å². The zero-order valence-electron chi connectivity index (χ0n) is 11.6. The number of hydrogen-bond acceptors (Lipinski definition) is 2. The van der Waals surface area contributed by atoms with Crippen LogP contribution in [0.4, 0.5) is 0 Å². The lowest BCUT2D eigenvalue weighted by molar-refractivity contribution is 0.0934. The van der Waals surface area contributed by atoms with Crippen LogP contribution in [0.3, 0.4) is 0 Å².